The second-order valence-electron chi connectivity index (χ2n) is 5.40. The lowest BCUT2D eigenvalue weighted by Gasteiger charge is -2.31. The average Bonchev–Trinajstić information content (AvgIpc) is 2.48. The summed E-state index contributed by atoms with van der Waals surface area (Å²) in [6, 6.07) is 10.4. The lowest BCUT2D eigenvalue weighted by molar-refractivity contribution is -0.132. The molecule has 0 spiro atoms. The first kappa shape index (κ1) is 14.1. The van der Waals surface area contributed by atoms with Crippen molar-refractivity contribution in [3.8, 4) is 0 Å². The largest absolute Gasteiger partial charge is 0.343 e. The Morgan fingerprint density at radius 1 is 1.21 bits per heavy atom. The highest BCUT2D eigenvalue weighted by Crippen LogP contribution is 2.17. The molecule has 1 fully saturated rings. The van der Waals surface area contributed by atoms with Crippen molar-refractivity contribution in [3.63, 3.8) is 0 Å². The van der Waals surface area contributed by atoms with E-state index in [2.05, 4.69) is 24.3 Å². The van der Waals surface area contributed by atoms with Gasteiger partial charge in [-0.15, -0.1) is 0 Å². The Kier molecular flexibility index (Phi) is 5.40. The highest BCUT2D eigenvalue weighted by atomic mass is 16.2. The number of carbonyl (C=O) groups excluding carboxylic acids is 1. The second kappa shape index (κ2) is 7.29. The first-order chi connectivity index (χ1) is 9.29. The van der Waals surface area contributed by atoms with Gasteiger partial charge in [-0.3, -0.25) is 4.79 Å². The fraction of sp³-hybridized carbons (Fsp3) is 0.562. The van der Waals surface area contributed by atoms with E-state index >= 15 is 0 Å². The van der Waals surface area contributed by atoms with Gasteiger partial charge < -0.3 is 10.6 Å². The van der Waals surface area contributed by atoms with Crippen molar-refractivity contribution in [2.45, 2.75) is 32.1 Å². The molecule has 1 aliphatic rings. The van der Waals surface area contributed by atoms with E-state index in [1.54, 1.807) is 0 Å². The lowest BCUT2D eigenvalue weighted by Crippen LogP contribution is -2.39. The van der Waals surface area contributed by atoms with Crippen molar-refractivity contribution >= 4 is 5.91 Å². The van der Waals surface area contributed by atoms with Crippen molar-refractivity contribution in [3.05, 3.63) is 35.9 Å². The van der Waals surface area contributed by atoms with Crippen LogP contribution < -0.4 is 5.73 Å². The van der Waals surface area contributed by atoms with Crippen molar-refractivity contribution < 1.29 is 4.79 Å². The first-order valence-corrected chi connectivity index (χ1v) is 7.31. The molecule has 104 valence electrons. The van der Waals surface area contributed by atoms with Crippen LogP contribution in [-0.2, 0) is 11.2 Å². The molecule has 1 aromatic carbocycles. The van der Waals surface area contributed by atoms with E-state index in [4.69, 9.17) is 5.73 Å². The number of hydrogen-bond donors (Lipinski definition) is 1. The van der Waals surface area contributed by atoms with E-state index in [0.29, 0.717) is 18.2 Å². The summed E-state index contributed by atoms with van der Waals surface area (Å²) in [6.45, 7) is 2.55. The molecule has 0 aliphatic carbocycles. The van der Waals surface area contributed by atoms with Crippen LogP contribution in [0.5, 0.6) is 0 Å². The number of likely N-dealkylation sites (tertiary alicyclic amines) is 1. The van der Waals surface area contributed by atoms with E-state index in [1.165, 1.54) is 5.56 Å². The maximum atomic E-state index is 12.1. The molecule has 0 radical (unpaired) electrons. The molecule has 0 atom stereocenters. The number of benzene rings is 1. The quantitative estimate of drug-likeness (QED) is 0.882. The van der Waals surface area contributed by atoms with Gasteiger partial charge in [-0.05, 0) is 43.7 Å². The zero-order chi connectivity index (χ0) is 13.5. The maximum Gasteiger partial charge on any atom is 0.222 e. The van der Waals surface area contributed by atoms with Crippen LogP contribution in [-0.4, -0.2) is 30.4 Å². The number of piperidine rings is 1. The van der Waals surface area contributed by atoms with E-state index in [-0.39, 0.29) is 0 Å². The van der Waals surface area contributed by atoms with Crippen LogP contribution in [0, 0.1) is 5.92 Å². The summed E-state index contributed by atoms with van der Waals surface area (Å²) >= 11 is 0. The Morgan fingerprint density at radius 2 is 1.89 bits per heavy atom. The molecule has 0 aromatic heterocycles. The van der Waals surface area contributed by atoms with Crippen molar-refractivity contribution in [1.82, 2.24) is 4.90 Å². The monoisotopic (exact) mass is 260 g/mol. The second-order valence-corrected chi connectivity index (χ2v) is 5.40. The van der Waals surface area contributed by atoms with Crippen LogP contribution in [0.4, 0.5) is 0 Å². The third kappa shape index (κ3) is 4.35. The molecule has 0 saturated carbocycles. The minimum absolute atomic E-state index is 0.311. The summed E-state index contributed by atoms with van der Waals surface area (Å²) in [4.78, 5) is 14.1. The third-order valence-corrected chi connectivity index (χ3v) is 4.00. The fourth-order valence-corrected chi connectivity index (χ4v) is 2.66. The van der Waals surface area contributed by atoms with Crippen LogP contribution in [0.15, 0.2) is 30.3 Å². The number of rotatable bonds is 5. The number of nitrogens with two attached hydrogens (primary N) is 1. The molecule has 1 heterocycles. The third-order valence-electron chi connectivity index (χ3n) is 4.00. The molecular formula is C16H24N2O. The standard InChI is InChI=1S/C16H24N2O/c17-13-15-9-11-18(12-10-15)16(19)8-4-7-14-5-2-1-3-6-14/h1-3,5-6,15H,4,7-13,17H2. The summed E-state index contributed by atoms with van der Waals surface area (Å²) in [5, 5.41) is 0. The minimum Gasteiger partial charge on any atom is -0.343 e. The van der Waals surface area contributed by atoms with Gasteiger partial charge in [-0.2, -0.15) is 0 Å². The van der Waals surface area contributed by atoms with E-state index in [0.717, 1.165) is 45.3 Å². The molecule has 1 saturated heterocycles. The SMILES string of the molecule is NCC1CCN(C(=O)CCCc2ccccc2)CC1. The first-order valence-electron chi connectivity index (χ1n) is 7.31. The molecule has 0 bridgehead atoms. The number of aryl methyl sites for hydroxylation is 1. The van der Waals surface area contributed by atoms with Gasteiger partial charge in [0.15, 0.2) is 0 Å². The molecule has 3 heteroatoms. The van der Waals surface area contributed by atoms with Crippen LogP contribution in [0.1, 0.15) is 31.2 Å². The minimum atomic E-state index is 0.311. The predicted octanol–water partition coefficient (Wildman–Crippen LogP) is 2.21. The fourth-order valence-electron chi connectivity index (χ4n) is 2.66. The number of carbonyl (C=O) groups is 1. The van der Waals surface area contributed by atoms with Gasteiger partial charge in [0, 0.05) is 19.5 Å². The van der Waals surface area contributed by atoms with Gasteiger partial charge in [0.05, 0.1) is 0 Å². The number of hydrogen-bond acceptors (Lipinski definition) is 2. The Morgan fingerprint density at radius 3 is 2.53 bits per heavy atom. The molecule has 2 rings (SSSR count). The van der Waals surface area contributed by atoms with Gasteiger partial charge in [-0.1, -0.05) is 30.3 Å². The number of amides is 1. The summed E-state index contributed by atoms with van der Waals surface area (Å²) < 4.78 is 0. The Labute approximate surface area is 115 Å². The van der Waals surface area contributed by atoms with Crippen LogP contribution >= 0.6 is 0 Å². The lowest BCUT2D eigenvalue weighted by atomic mass is 9.97. The van der Waals surface area contributed by atoms with E-state index in [9.17, 15) is 4.79 Å². The van der Waals surface area contributed by atoms with E-state index < -0.39 is 0 Å². The van der Waals surface area contributed by atoms with Gasteiger partial charge in [0.1, 0.15) is 0 Å². The average molecular weight is 260 g/mol. The van der Waals surface area contributed by atoms with Crippen molar-refractivity contribution in [1.29, 1.82) is 0 Å². The molecule has 1 amide bonds. The normalized spacial score (nSPS) is 16.6. The van der Waals surface area contributed by atoms with Crippen molar-refractivity contribution in [2.75, 3.05) is 19.6 Å². The highest BCUT2D eigenvalue weighted by molar-refractivity contribution is 5.76. The zero-order valence-electron chi connectivity index (χ0n) is 11.6. The molecule has 1 aliphatic heterocycles. The van der Waals surface area contributed by atoms with Gasteiger partial charge in [0.25, 0.3) is 0 Å². The predicted molar refractivity (Wildman–Crippen MR) is 77.7 cm³/mol. The molecule has 1 aromatic rings. The highest BCUT2D eigenvalue weighted by Gasteiger charge is 2.21. The molecular weight excluding hydrogens is 236 g/mol. The Bertz CT molecular complexity index is 383. The molecule has 2 N–H and O–H groups in total. The van der Waals surface area contributed by atoms with Crippen LogP contribution in [0.2, 0.25) is 0 Å². The van der Waals surface area contributed by atoms with Gasteiger partial charge >= 0.3 is 0 Å². The van der Waals surface area contributed by atoms with Gasteiger partial charge in [0.2, 0.25) is 5.91 Å². The Hall–Kier alpha value is -1.35. The Balaban J connectivity index is 1.67. The number of nitrogens with zero attached hydrogens (tertiary/aromatic N) is 1. The summed E-state index contributed by atoms with van der Waals surface area (Å²) in [6.07, 6.45) is 4.75. The summed E-state index contributed by atoms with van der Waals surface area (Å²) in [7, 11) is 0. The zero-order valence-corrected chi connectivity index (χ0v) is 11.6. The van der Waals surface area contributed by atoms with Crippen LogP contribution in [0.25, 0.3) is 0 Å². The summed E-state index contributed by atoms with van der Waals surface area (Å²) in [5.41, 5.74) is 6.98. The molecule has 3 nitrogen and oxygen atoms in total. The van der Waals surface area contributed by atoms with E-state index in [1.807, 2.05) is 11.0 Å². The topological polar surface area (TPSA) is 46.3 Å². The summed E-state index contributed by atoms with van der Waals surface area (Å²) in [5.74, 6) is 0.930. The molecule has 0 unspecified atom stereocenters. The maximum absolute atomic E-state index is 12.1. The smallest absolute Gasteiger partial charge is 0.222 e. The van der Waals surface area contributed by atoms with Crippen molar-refractivity contribution in [2.24, 2.45) is 11.7 Å². The van der Waals surface area contributed by atoms with Gasteiger partial charge in [-0.25, -0.2) is 0 Å². The molecule has 19 heavy (non-hydrogen) atoms. The van der Waals surface area contributed by atoms with Crippen LogP contribution in [0.3, 0.4) is 0 Å².